The summed E-state index contributed by atoms with van der Waals surface area (Å²) in [7, 11) is 0. The van der Waals surface area contributed by atoms with Crippen LogP contribution >= 0.6 is 11.3 Å². The predicted octanol–water partition coefficient (Wildman–Crippen LogP) is 20.4. The van der Waals surface area contributed by atoms with Crippen LogP contribution in [0.25, 0.3) is 102 Å². The molecule has 0 fully saturated rings. The van der Waals surface area contributed by atoms with Crippen LogP contribution in [0.5, 0.6) is 0 Å². The molecular formula is C70H45N3S. The zero-order valence-corrected chi connectivity index (χ0v) is 41.0. The van der Waals surface area contributed by atoms with Crippen LogP contribution in [0.3, 0.4) is 0 Å². The van der Waals surface area contributed by atoms with Crippen molar-refractivity contribution in [3.8, 4) is 16.8 Å². The normalized spacial score (nSPS) is 11.8. The SMILES string of the molecule is c1ccc(-n2c3ccc(-c4cc(N(c5cccc6ccccc56)c5cccc6ccccc56)cc(N(c5cccc6ccccc56)c5cccc6ccccc56)c4)cc3c3c4sc5ccccc5c4ccc32)cc1. The van der Waals surface area contributed by atoms with Crippen molar-refractivity contribution < 1.29 is 0 Å². The number of para-hydroxylation sites is 1. The van der Waals surface area contributed by atoms with Crippen LogP contribution in [0.2, 0.25) is 0 Å². The van der Waals surface area contributed by atoms with Gasteiger partial charge in [-0.3, -0.25) is 0 Å². The van der Waals surface area contributed by atoms with Crippen molar-refractivity contribution in [2.75, 3.05) is 9.80 Å². The number of hydrogen-bond acceptors (Lipinski definition) is 3. The number of aromatic nitrogens is 1. The fourth-order valence-corrected chi connectivity index (χ4v) is 13.0. The van der Waals surface area contributed by atoms with E-state index >= 15 is 0 Å². The van der Waals surface area contributed by atoms with E-state index in [9.17, 15) is 0 Å². The van der Waals surface area contributed by atoms with Crippen molar-refractivity contribution >= 4 is 131 Å². The highest BCUT2D eigenvalue weighted by molar-refractivity contribution is 7.26. The van der Waals surface area contributed by atoms with Gasteiger partial charge in [0.1, 0.15) is 0 Å². The lowest BCUT2D eigenvalue weighted by atomic mass is 9.98. The fourth-order valence-electron chi connectivity index (χ4n) is 11.8. The lowest BCUT2D eigenvalue weighted by molar-refractivity contribution is 1.18. The van der Waals surface area contributed by atoms with Crippen molar-refractivity contribution in [3.63, 3.8) is 0 Å². The van der Waals surface area contributed by atoms with Gasteiger partial charge in [-0.05, 0) is 112 Å². The molecule has 0 bridgehead atoms. The fraction of sp³-hybridized carbons (Fsp3) is 0. The maximum atomic E-state index is 2.50. The number of anilines is 6. The zero-order chi connectivity index (χ0) is 48.7. The molecule has 13 aromatic carbocycles. The third kappa shape index (κ3) is 6.73. The summed E-state index contributed by atoms with van der Waals surface area (Å²) >= 11 is 1.90. The molecule has 2 aromatic heterocycles. The van der Waals surface area contributed by atoms with Gasteiger partial charge in [0, 0.05) is 69.6 Å². The molecule has 2 heterocycles. The van der Waals surface area contributed by atoms with Crippen molar-refractivity contribution in [2.24, 2.45) is 0 Å². The Morgan fingerprint density at radius 2 is 0.716 bits per heavy atom. The smallest absolute Gasteiger partial charge is 0.0555 e. The van der Waals surface area contributed by atoms with Gasteiger partial charge in [-0.2, -0.15) is 0 Å². The molecule has 0 N–H and O–H groups in total. The molecule has 0 saturated carbocycles. The van der Waals surface area contributed by atoms with Gasteiger partial charge < -0.3 is 14.4 Å². The molecule has 0 spiro atoms. The molecule has 0 aliphatic carbocycles. The molecule has 0 saturated heterocycles. The maximum absolute atomic E-state index is 2.50. The molecule has 0 unspecified atom stereocenters. The van der Waals surface area contributed by atoms with Crippen LogP contribution in [0.15, 0.2) is 273 Å². The predicted molar refractivity (Wildman–Crippen MR) is 318 cm³/mol. The summed E-state index contributed by atoms with van der Waals surface area (Å²) in [5.74, 6) is 0. The van der Waals surface area contributed by atoms with Crippen molar-refractivity contribution in [3.05, 3.63) is 273 Å². The van der Waals surface area contributed by atoms with E-state index in [-0.39, 0.29) is 0 Å². The molecule has 0 radical (unpaired) electrons. The Balaban J connectivity index is 1.07. The molecule has 15 rings (SSSR count). The first-order valence-corrected chi connectivity index (χ1v) is 26.1. The van der Waals surface area contributed by atoms with E-state index in [1.165, 1.54) is 85.1 Å². The van der Waals surface area contributed by atoms with E-state index in [4.69, 9.17) is 0 Å². The van der Waals surface area contributed by atoms with Crippen LogP contribution in [-0.4, -0.2) is 4.57 Å². The standard InChI is InChI=1S/C70H45N3S/c1-2-26-52(27-3-1)71-66-40-38-50(44-61(66)69-67(71)41-39-60-59-32-12-13-37-68(59)74-70(60)69)51-42-53(72(62-33-14-22-46-18-4-8-28-55(46)62)63-34-15-23-47-19-5-9-29-56(47)63)45-54(43-51)73(64-35-16-24-48-20-6-10-30-57(48)64)65-36-17-25-49-21-7-11-31-58(49)65/h1-45H. The summed E-state index contributed by atoms with van der Waals surface area (Å²) in [6.07, 6.45) is 0. The van der Waals surface area contributed by atoms with Crippen molar-refractivity contribution in [1.82, 2.24) is 4.57 Å². The van der Waals surface area contributed by atoms with E-state index < -0.39 is 0 Å². The third-order valence-corrected chi connectivity index (χ3v) is 16.3. The molecule has 0 atom stereocenters. The molecule has 0 amide bonds. The number of rotatable bonds is 8. The summed E-state index contributed by atoms with van der Waals surface area (Å²) in [5, 5.41) is 14.6. The molecule has 4 heteroatoms. The average Bonchev–Trinajstić information content (AvgIpc) is 4.02. The highest BCUT2D eigenvalue weighted by Crippen LogP contribution is 2.50. The summed E-state index contributed by atoms with van der Waals surface area (Å²) < 4.78 is 5.06. The van der Waals surface area contributed by atoms with Gasteiger partial charge in [0.05, 0.1) is 33.8 Å². The van der Waals surface area contributed by atoms with Gasteiger partial charge in [0.25, 0.3) is 0 Å². The largest absolute Gasteiger partial charge is 0.309 e. The second-order valence-corrected chi connectivity index (χ2v) is 20.3. The Hall–Kier alpha value is -9.48. The second-order valence-electron chi connectivity index (χ2n) is 19.2. The molecule has 74 heavy (non-hydrogen) atoms. The van der Waals surface area contributed by atoms with Gasteiger partial charge in [0.2, 0.25) is 0 Å². The topological polar surface area (TPSA) is 11.4 Å². The first-order chi connectivity index (χ1) is 36.7. The minimum absolute atomic E-state index is 1.05. The number of hydrogen-bond donors (Lipinski definition) is 0. The Kier molecular flexibility index (Phi) is 9.75. The van der Waals surface area contributed by atoms with Crippen molar-refractivity contribution in [2.45, 2.75) is 0 Å². The zero-order valence-electron chi connectivity index (χ0n) is 40.2. The molecular weight excluding hydrogens is 915 g/mol. The van der Waals surface area contributed by atoms with Gasteiger partial charge in [-0.15, -0.1) is 11.3 Å². The summed E-state index contributed by atoms with van der Waals surface area (Å²) in [6.45, 7) is 0. The number of fused-ring (bicyclic) bond motifs is 11. The molecule has 0 aliphatic rings. The number of nitrogens with zero attached hydrogens (tertiary/aromatic N) is 3. The van der Waals surface area contributed by atoms with Gasteiger partial charge >= 0.3 is 0 Å². The molecule has 3 nitrogen and oxygen atoms in total. The Bertz CT molecular complexity index is 4340. The van der Waals surface area contributed by atoms with Crippen LogP contribution < -0.4 is 9.80 Å². The van der Waals surface area contributed by atoms with E-state index in [1.807, 2.05) is 11.3 Å². The van der Waals surface area contributed by atoms with E-state index in [1.54, 1.807) is 0 Å². The van der Waals surface area contributed by atoms with Crippen LogP contribution in [0, 0.1) is 0 Å². The monoisotopic (exact) mass is 959 g/mol. The van der Waals surface area contributed by atoms with Gasteiger partial charge in [0.15, 0.2) is 0 Å². The highest BCUT2D eigenvalue weighted by Gasteiger charge is 2.25. The second kappa shape index (κ2) is 17.1. The van der Waals surface area contributed by atoms with Crippen LogP contribution in [-0.2, 0) is 0 Å². The number of benzene rings is 13. The average molecular weight is 960 g/mol. The summed E-state index contributed by atoms with van der Waals surface area (Å²) in [4.78, 5) is 5.01. The lowest BCUT2D eigenvalue weighted by Gasteiger charge is -2.32. The first-order valence-electron chi connectivity index (χ1n) is 25.3. The Morgan fingerprint density at radius 3 is 1.23 bits per heavy atom. The highest BCUT2D eigenvalue weighted by atomic mass is 32.1. The Labute approximate surface area is 432 Å². The van der Waals surface area contributed by atoms with Crippen LogP contribution in [0.1, 0.15) is 0 Å². The first kappa shape index (κ1) is 42.2. The van der Waals surface area contributed by atoms with Crippen molar-refractivity contribution in [1.29, 1.82) is 0 Å². The molecule has 346 valence electrons. The van der Waals surface area contributed by atoms with E-state index in [2.05, 4.69) is 287 Å². The minimum Gasteiger partial charge on any atom is -0.309 e. The molecule has 0 aliphatic heterocycles. The summed E-state index contributed by atoms with van der Waals surface area (Å²) in [6, 6.07) is 101. The minimum atomic E-state index is 1.05. The third-order valence-electron chi connectivity index (χ3n) is 15.1. The van der Waals surface area contributed by atoms with Gasteiger partial charge in [-0.1, -0.05) is 194 Å². The Morgan fingerprint density at radius 1 is 0.284 bits per heavy atom. The maximum Gasteiger partial charge on any atom is 0.0555 e. The van der Waals surface area contributed by atoms with Gasteiger partial charge in [-0.25, -0.2) is 0 Å². The number of thiophene rings is 1. The molecule has 15 aromatic rings. The van der Waals surface area contributed by atoms with Crippen LogP contribution in [0.4, 0.5) is 34.1 Å². The quantitative estimate of drug-likeness (QED) is 0.150. The van der Waals surface area contributed by atoms with E-state index in [0.717, 1.165) is 50.9 Å². The lowest BCUT2D eigenvalue weighted by Crippen LogP contribution is -2.14. The van der Waals surface area contributed by atoms with E-state index in [0.29, 0.717) is 0 Å². The summed E-state index contributed by atoms with van der Waals surface area (Å²) in [5.41, 5.74) is 12.3.